The van der Waals surface area contributed by atoms with E-state index in [0.717, 1.165) is 12.2 Å². The van der Waals surface area contributed by atoms with E-state index in [1.54, 1.807) is 0 Å². The minimum atomic E-state index is -0.224. The Labute approximate surface area is 165 Å². The smallest absolute Gasteiger partial charge is 0.230 e. The minimum Gasteiger partial charge on any atom is -0.486 e. The number of nitrogens with two attached hydrogens (primary N) is 1. The fraction of sp³-hybridized carbons (Fsp3) is 0.526. The summed E-state index contributed by atoms with van der Waals surface area (Å²) in [5, 5.41) is 11.6. The van der Waals surface area contributed by atoms with Gasteiger partial charge in [-0.25, -0.2) is 4.68 Å². The monoisotopic (exact) mass is 391 g/mol. The quantitative estimate of drug-likeness (QED) is 0.504. The predicted molar refractivity (Wildman–Crippen MR) is 108 cm³/mol. The minimum absolute atomic E-state index is 0.0575. The molecule has 0 aliphatic heterocycles. The Morgan fingerprint density at radius 2 is 1.96 bits per heavy atom. The van der Waals surface area contributed by atoms with Crippen LogP contribution in [0.5, 0.6) is 5.75 Å². The number of amides is 1. The van der Waals surface area contributed by atoms with Crippen LogP contribution in [0.3, 0.4) is 0 Å². The van der Waals surface area contributed by atoms with Gasteiger partial charge in [0, 0.05) is 5.54 Å². The van der Waals surface area contributed by atoms with E-state index in [1.165, 1.54) is 22.0 Å². The summed E-state index contributed by atoms with van der Waals surface area (Å²) < 4.78 is 7.10. The molecule has 3 N–H and O–H groups in total. The third-order valence-electron chi connectivity index (χ3n) is 4.34. The molecule has 8 heteroatoms. The number of nitrogen functional groups attached to an aromatic ring is 1. The molecule has 2 rings (SSSR count). The first-order valence-electron chi connectivity index (χ1n) is 9.07. The molecule has 0 atom stereocenters. The average Bonchev–Trinajstić information content (AvgIpc) is 2.98. The van der Waals surface area contributed by atoms with Gasteiger partial charge >= 0.3 is 0 Å². The van der Waals surface area contributed by atoms with Crippen LogP contribution in [0, 0.1) is 0 Å². The molecule has 0 bridgehead atoms. The van der Waals surface area contributed by atoms with Gasteiger partial charge in [0.05, 0.1) is 5.75 Å². The lowest BCUT2D eigenvalue weighted by Gasteiger charge is -2.24. The molecule has 0 unspecified atom stereocenters. The molecule has 148 valence electrons. The predicted octanol–water partition coefficient (Wildman–Crippen LogP) is 3.09. The molecule has 0 radical (unpaired) electrons. The zero-order valence-corrected chi connectivity index (χ0v) is 17.5. The van der Waals surface area contributed by atoms with Crippen molar-refractivity contribution in [2.75, 3.05) is 11.6 Å². The van der Waals surface area contributed by atoms with Crippen molar-refractivity contribution < 1.29 is 9.53 Å². The third kappa shape index (κ3) is 6.16. The van der Waals surface area contributed by atoms with Crippen molar-refractivity contribution >= 4 is 17.7 Å². The van der Waals surface area contributed by atoms with Gasteiger partial charge in [0.1, 0.15) is 12.4 Å². The maximum Gasteiger partial charge on any atom is 0.230 e. The number of carbonyl (C=O) groups excluding carboxylic acids is 1. The maximum atomic E-state index is 12.0. The van der Waals surface area contributed by atoms with Crippen molar-refractivity contribution in [1.82, 2.24) is 20.2 Å². The first-order valence-corrected chi connectivity index (χ1v) is 10.1. The van der Waals surface area contributed by atoms with Crippen LogP contribution < -0.4 is 15.9 Å². The Morgan fingerprint density at radius 3 is 2.56 bits per heavy atom. The fourth-order valence-corrected chi connectivity index (χ4v) is 2.91. The highest BCUT2D eigenvalue weighted by atomic mass is 32.2. The standard InChI is InChI=1S/C19H29N5O2S/c1-6-19(4,5)21-17(25)12-27-18-23-22-16(24(18)20)11-26-15-9-7-14(8-10-15)13(2)3/h7-10,13H,6,11-12,20H2,1-5H3,(H,21,25). The van der Waals surface area contributed by atoms with Crippen LogP contribution in [0.25, 0.3) is 0 Å². The number of rotatable bonds is 9. The fourth-order valence-electron chi connectivity index (χ4n) is 2.23. The summed E-state index contributed by atoms with van der Waals surface area (Å²) in [4.78, 5) is 12.0. The molecular weight excluding hydrogens is 362 g/mol. The number of thioether (sulfide) groups is 1. The third-order valence-corrected chi connectivity index (χ3v) is 5.29. The summed E-state index contributed by atoms with van der Waals surface area (Å²) in [6.07, 6.45) is 0.857. The van der Waals surface area contributed by atoms with Crippen LogP contribution in [0.1, 0.15) is 58.3 Å². The molecule has 0 saturated heterocycles. The number of hydrogen-bond acceptors (Lipinski definition) is 6. The van der Waals surface area contributed by atoms with E-state index in [4.69, 9.17) is 10.6 Å². The number of aromatic nitrogens is 3. The maximum absolute atomic E-state index is 12.0. The van der Waals surface area contributed by atoms with Gasteiger partial charge in [-0.05, 0) is 43.9 Å². The lowest BCUT2D eigenvalue weighted by atomic mass is 10.0. The summed E-state index contributed by atoms with van der Waals surface area (Å²) >= 11 is 1.25. The highest BCUT2D eigenvalue weighted by Crippen LogP contribution is 2.20. The largest absolute Gasteiger partial charge is 0.486 e. The zero-order valence-electron chi connectivity index (χ0n) is 16.7. The first-order chi connectivity index (χ1) is 12.7. The molecule has 1 aromatic carbocycles. The van der Waals surface area contributed by atoms with Crippen molar-refractivity contribution in [3.05, 3.63) is 35.7 Å². The van der Waals surface area contributed by atoms with E-state index in [9.17, 15) is 4.79 Å². The van der Waals surface area contributed by atoms with Gasteiger partial charge in [-0.2, -0.15) is 0 Å². The number of nitrogens with zero attached hydrogens (tertiary/aromatic N) is 3. The van der Waals surface area contributed by atoms with Crippen molar-refractivity contribution in [3.63, 3.8) is 0 Å². The number of ether oxygens (including phenoxy) is 1. The van der Waals surface area contributed by atoms with E-state index in [0.29, 0.717) is 16.9 Å². The van der Waals surface area contributed by atoms with Gasteiger partial charge < -0.3 is 15.9 Å². The van der Waals surface area contributed by atoms with Crippen molar-refractivity contribution in [2.45, 2.75) is 64.3 Å². The molecule has 0 spiro atoms. The Hall–Kier alpha value is -2.22. The molecule has 0 aliphatic carbocycles. The lowest BCUT2D eigenvalue weighted by Crippen LogP contribution is -2.43. The number of benzene rings is 1. The Balaban J connectivity index is 1.88. The molecule has 2 aromatic rings. The van der Waals surface area contributed by atoms with Crippen LogP contribution in [-0.2, 0) is 11.4 Å². The SMILES string of the molecule is CCC(C)(C)NC(=O)CSc1nnc(COc2ccc(C(C)C)cc2)n1N. The summed E-state index contributed by atoms with van der Waals surface area (Å²) in [5.41, 5.74) is 1.03. The molecule has 7 nitrogen and oxygen atoms in total. The van der Waals surface area contributed by atoms with Gasteiger partial charge in [0.25, 0.3) is 0 Å². The molecule has 27 heavy (non-hydrogen) atoms. The van der Waals surface area contributed by atoms with Crippen LogP contribution in [-0.4, -0.2) is 32.1 Å². The van der Waals surface area contributed by atoms with Gasteiger partial charge in [0.2, 0.25) is 11.1 Å². The van der Waals surface area contributed by atoms with Crippen molar-refractivity contribution in [3.8, 4) is 5.75 Å². The first kappa shape index (κ1) is 21.1. The van der Waals surface area contributed by atoms with Gasteiger partial charge in [-0.3, -0.25) is 4.79 Å². The van der Waals surface area contributed by atoms with E-state index >= 15 is 0 Å². The van der Waals surface area contributed by atoms with Crippen LogP contribution in [0.15, 0.2) is 29.4 Å². The molecule has 0 fully saturated rings. The van der Waals surface area contributed by atoms with Crippen LogP contribution >= 0.6 is 11.8 Å². The van der Waals surface area contributed by atoms with Gasteiger partial charge in [-0.1, -0.05) is 44.7 Å². The molecule has 1 aromatic heterocycles. The number of carbonyl (C=O) groups is 1. The van der Waals surface area contributed by atoms with E-state index < -0.39 is 0 Å². The highest BCUT2D eigenvalue weighted by Gasteiger charge is 2.19. The Kier molecular flexibility index (Phi) is 7.12. The van der Waals surface area contributed by atoms with Crippen molar-refractivity contribution in [2.24, 2.45) is 0 Å². The summed E-state index contributed by atoms with van der Waals surface area (Å²) in [7, 11) is 0. The topological polar surface area (TPSA) is 95.1 Å². The number of nitrogens with one attached hydrogen (secondary N) is 1. The zero-order chi connectivity index (χ0) is 20.0. The van der Waals surface area contributed by atoms with Crippen LogP contribution in [0.4, 0.5) is 0 Å². The Morgan fingerprint density at radius 1 is 1.30 bits per heavy atom. The highest BCUT2D eigenvalue weighted by molar-refractivity contribution is 7.99. The molecule has 0 saturated carbocycles. The molecule has 1 amide bonds. The molecule has 1 heterocycles. The second-order valence-corrected chi connectivity index (χ2v) is 8.30. The normalized spacial score (nSPS) is 11.6. The van der Waals surface area contributed by atoms with E-state index in [-0.39, 0.29) is 23.8 Å². The van der Waals surface area contributed by atoms with Gasteiger partial charge in [-0.15, -0.1) is 10.2 Å². The molecular formula is C19H29N5O2S. The Bertz CT molecular complexity index is 756. The summed E-state index contributed by atoms with van der Waals surface area (Å²) in [6.45, 7) is 10.5. The lowest BCUT2D eigenvalue weighted by molar-refractivity contribution is -0.120. The van der Waals surface area contributed by atoms with E-state index in [2.05, 4.69) is 29.4 Å². The molecule has 0 aliphatic rings. The average molecular weight is 392 g/mol. The van der Waals surface area contributed by atoms with Crippen LogP contribution in [0.2, 0.25) is 0 Å². The van der Waals surface area contributed by atoms with Gasteiger partial charge in [0.15, 0.2) is 5.82 Å². The summed E-state index contributed by atoms with van der Waals surface area (Å²) in [6, 6.07) is 7.96. The summed E-state index contributed by atoms with van der Waals surface area (Å²) in [5.74, 6) is 7.93. The van der Waals surface area contributed by atoms with E-state index in [1.807, 2.05) is 45.0 Å². The van der Waals surface area contributed by atoms with Crippen molar-refractivity contribution in [1.29, 1.82) is 0 Å². The number of hydrogen-bond donors (Lipinski definition) is 2. The second-order valence-electron chi connectivity index (χ2n) is 7.36. The second kappa shape index (κ2) is 9.12.